The first-order valence-electron chi connectivity index (χ1n) is 7.30. The molecule has 0 aromatic heterocycles. The second-order valence-electron chi connectivity index (χ2n) is 5.44. The molecular weight excluding hydrogens is 272 g/mol. The number of rotatable bonds is 6. The molecule has 2 rings (SSSR count). The monoisotopic (exact) mass is 294 g/mol. The molecule has 1 fully saturated rings. The van der Waals surface area contributed by atoms with Crippen LogP contribution in [-0.2, 0) is 4.74 Å². The second-order valence-corrected chi connectivity index (χ2v) is 5.44. The third kappa shape index (κ3) is 4.68. The summed E-state index contributed by atoms with van der Waals surface area (Å²) in [7, 11) is 0. The van der Waals surface area contributed by atoms with Gasteiger partial charge in [-0.1, -0.05) is 12.1 Å². The fraction of sp³-hybridized carbons (Fsp3) is 0.600. The van der Waals surface area contributed by atoms with Crippen molar-refractivity contribution in [3.05, 3.63) is 34.4 Å². The first kappa shape index (κ1) is 15.7. The third-order valence-corrected chi connectivity index (χ3v) is 3.43. The van der Waals surface area contributed by atoms with Gasteiger partial charge < -0.3 is 9.47 Å². The Morgan fingerprint density at radius 3 is 2.67 bits per heavy atom. The highest BCUT2D eigenvalue weighted by Crippen LogP contribution is 2.25. The van der Waals surface area contributed by atoms with Crippen molar-refractivity contribution in [3.8, 4) is 5.75 Å². The van der Waals surface area contributed by atoms with Gasteiger partial charge in [-0.3, -0.25) is 15.0 Å². The molecular formula is C15H22N2O4. The average Bonchev–Trinajstić information content (AvgIpc) is 2.43. The summed E-state index contributed by atoms with van der Waals surface area (Å²) in [6.07, 6.45) is 1.35. The smallest absolute Gasteiger partial charge is 0.310 e. The average molecular weight is 294 g/mol. The van der Waals surface area contributed by atoms with Crippen LogP contribution >= 0.6 is 0 Å². The predicted molar refractivity (Wildman–Crippen MR) is 79.7 cm³/mol. The van der Waals surface area contributed by atoms with E-state index < -0.39 is 4.92 Å². The molecule has 1 aromatic carbocycles. The lowest BCUT2D eigenvalue weighted by Gasteiger charge is -2.35. The number of benzene rings is 1. The van der Waals surface area contributed by atoms with Gasteiger partial charge in [0.1, 0.15) is 0 Å². The Kier molecular flexibility index (Phi) is 5.52. The summed E-state index contributed by atoms with van der Waals surface area (Å²) in [5, 5.41) is 10.9. The number of nitro benzene ring substituents is 1. The Morgan fingerprint density at radius 1 is 1.33 bits per heavy atom. The van der Waals surface area contributed by atoms with E-state index in [9.17, 15) is 10.1 Å². The van der Waals surface area contributed by atoms with Gasteiger partial charge in [0.2, 0.25) is 0 Å². The standard InChI is InChI=1S/C15H22N2O4/c1-12-10-16(11-13(2)21-12)8-5-9-20-15-7-4-3-6-14(15)17(18)19/h3-4,6-7,12-13H,5,8-11H2,1-2H3/t12-,13-/m1/s1. The quantitative estimate of drug-likeness (QED) is 0.458. The van der Waals surface area contributed by atoms with Crippen LogP contribution in [0.5, 0.6) is 5.75 Å². The molecule has 1 heterocycles. The summed E-state index contributed by atoms with van der Waals surface area (Å²) < 4.78 is 11.2. The number of nitro groups is 1. The van der Waals surface area contributed by atoms with Crippen LogP contribution < -0.4 is 4.74 Å². The maximum atomic E-state index is 10.9. The van der Waals surface area contributed by atoms with E-state index in [-0.39, 0.29) is 17.9 Å². The highest BCUT2D eigenvalue weighted by atomic mass is 16.6. The van der Waals surface area contributed by atoms with Crippen LogP contribution in [0.2, 0.25) is 0 Å². The van der Waals surface area contributed by atoms with Crippen LogP contribution in [0.1, 0.15) is 20.3 Å². The van der Waals surface area contributed by atoms with Crippen molar-refractivity contribution in [3.63, 3.8) is 0 Å². The lowest BCUT2D eigenvalue weighted by Crippen LogP contribution is -2.45. The van der Waals surface area contributed by atoms with E-state index in [0.29, 0.717) is 12.4 Å². The molecule has 0 amide bonds. The van der Waals surface area contributed by atoms with Crippen LogP contribution in [-0.4, -0.2) is 48.3 Å². The fourth-order valence-corrected chi connectivity index (χ4v) is 2.67. The number of hydrogen-bond acceptors (Lipinski definition) is 5. The van der Waals surface area contributed by atoms with Gasteiger partial charge in [0.25, 0.3) is 0 Å². The zero-order valence-corrected chi connectivity index (χ0v) is 12.5. The van der Waals surface area contributed by atoms with E-state index in [1.54, 1.807) is 18.2 Å². The number of nitrogens with zero attached hydrogens (tertiary/aromatic N) is 2. The Balaban J connectivity index is 1.76. The molecule has 21 heavy (non-hydrogen) atoms. The molecule has 6 heteroatoms. The molecule has 6 nitrogen and oxygen atoms in total. The molecule has 1 aromatic rings. The summed E-state index contributed by atoms with van der Waals surface area (Å²) in [6.45, 7) is 7.40. The maximum Gasteiger partial charge on any atom is 0.310 e. The summed E-state index contributed by atoms with van der Waals surface area (Å²) in [5.41, 5.74) is 0.0196. The molecule has 0 N–H and O–H groups in total. The van der Waals surface area contributed by atoms with E-state index in [1.807, 2.05) is 0 Å². The fourth-order valence-electron chi connectivity index (χ4n) is 2.67. The van der Waals surface area contributed by atoms with Crippen LogP contribution in [0.25, 0.3) is 0 Å². The zero-order valence-electron chi connectivity index (χ0n) is 12.5. The molecule has 1 aliphatic rings. The Labute approximate surface area is 124 Å². The van der Waals surface area contributed by atoms with E-state index in [4.69, 9.17) is 9.47 Å². The molecule has 0 saturated carbocycles. The minimum Gasteiger partial charge on any atom is -0.487 e. The largest absolute Gasteiger partial charge is 0.487 e. The van der Waals surface area contributed by atoms with Crippen molar-refractivity contribution >= 4 is 5.69 Å². The van der Waals surface area contributed by atoms with Gasteiger partial charge in [-0.2, -0.15) is 0 Å². The lowest BCUT2D eigenvalue weighted by molar-refractivity contribution is -0.385. The predicted octanol–water partition coefficient (Wildman–Crippen LogP) is 2.47. The third-order valence-electron chi connectivity index (χ3n) is 3.43. The van der Waals surface area contributed by atoms with Gasteiger partial charge in [0.05, 0.1) is 23.7 Å². The zero-order chi connectivity index (χ0) is 15.2. The van der Waals surface area contributed by atoms with Crippen molar-refractivity contribution in [2.45, 2.75) is 32.5 Å². The second kappa shape index (κ2) is 7.38. The summed E-state index contributed by atoms with van der Waals surface area (Å²) >= 11 is 0. The van der Waals surface area contributed by atoms with Gasteiger partial charge in [0, 0.05) is 25.7 Å². The molecule has 1 saturated heterocycles. The summed E-state index contributed by atoms with van der Waals surface area (Å²) in [6, 6.07) is 6.48. The number of morpholine rings is 1. The van der Waals surface area contributed by atoms with E-state index in [0.717, 1.165) is 26.1 Å². The first-order chi connectivity index (χ1) is 10.1. The normalized spacial score (nSPS) is 23.0. The highest BCUT2D eigenvalue weighted by Gasteiger charge is 2.21. The molecule has 0 unspecified atom stereocenters. The minimum absolute atomic E-state index is 0.0196. The molecule has 1 aliphatic heterocycles. The molecule has 0 bridgehead atoms. The van der Waals surface area contributed by atoms with Gasteiger partial charge in [-0.05, 0) is 26.3 Å². The van der Waals surface area contributed by atoms with Gasteiger partial charge in [-0.25, -0.2) is 0 Å². The first-order valence-corrected chi connectivity index (χ1v) is 7.30. The maximum absolute atomic E-state index is 10.9. The molecule has 116 valence electrons. The summed E-state index contributed by atoms with van der Waals surface area (Å²) in [5.74, 6) is 0.339. The number of para-hydroxylation sites is 2. The Hall–Kier alpha value is -1.66. The van der Waals surface area contributed by atoms with Crippen molar-refractivity contribution in [1.82, 2.24) is 4.90 Å². The number of hydrogen-bond donors (Lipinski definition) is 0. The van der Waals surface area contributed by atoms with Crippen LogP contribution in [0, 0.1) is 10.1 Å². The van der Waals surface area contributed by atoms with Crippen molar-refractivity contribution in [2.24, 2.45) is 0 Å². The van der Waals surface area contributed by atoms with Crippen LogP contribution in [0.4, 0.5) is 5.69 Å². The minimum atomic E-state index is -0.416. The van der Waals surface area contributed by atoms with Crippen molar-refractivity contribution in [1.29, 1.82) is 0 Å². The van der Waals surface area contributed by atoms with Crippen molar-refractivity contribution < 1.29 is 14.4 Å². The van der Waals surface area contributed by atoms with Crippen LogP contribution in [0.15, 0.2) is 24.3 Å². The Bertz CT molecular complexity index is 470. The number of ether oxygens (including phenoxy) is 2. The van der Waals surface area contributed by atoms with Gasteiger partial charge >= 0.3 is 5.69 Å². The molecule has 2 atom stereocenters. The highest BCUT2D eigenvalue weighted by molar-refractivity contribution is 5.45. The molecule has 0 radical (unpaired) electrons. The SMILES string of the molecule is C[C@@H]1CN(CCCOc2ccccc2[N+](=O)[O-])C[C@@H](C)O1. The van der Waals surface area contributed by atoms with Crippen LogP contribution in [0.3, 0.4) is 0 Å². The topological polar surface area (TPSA) is 64.8 Å². The molecule has 0 aliphatic carbocycles. The van der Waals surface area contributed by atoms with E-state index in [2.05, 4.69) is 18.7 Å². The molecule has 0 spiro atoms. The summed E-state index contributed by atoms with van der Waals surface area (Å²) in [4.78, 5) is 12.8. The van der Waals surface area contributed by atoms with E-state index in [1.165, 1.54) is 6.07 Å². The van der Waals surface area contributed by atoms with Crippen molar-refractivity contribution in [2.75, 3.05) is 26.2 Å². The van der Waals surface area contributed by atoms with E-state index >= 15 is 0 Å². The lowest BCUT2D eigenvalue weighted by atomic mass is 10.2. The van der Waals surface area contributed by atoms with Gasteiger partial charge in [-0.15, -0.1) is 0 Å². The Morgan fingerprint density at radius 2 is 2.00 bits per heavy atom. The van der Waals surface area contributed by atoms with Gasteiger partial charge in [0.15, 0.2) is 5.75 Å².